The van der Waals surface area contributed by atoms with E-state index in [1.54, 1.807) is 0 Å². The molecule has 1 aromatic carbocycles. The van der Waals surface area contributed by atoms with E-state index in [4.69, 9.17) is 4.74 Å². The monoisotopic (exact) mass is 672 g/mol. The summed E-state index contributed by atoms with van der Waals surface area (Å²) in [6.07, 6.45) is 24.1. The minimum atomic E-state index is -3.35. The van der Waals surface area contributed by atoms with Gasteiger partial charge in [-0.15, -0.1) is 0 Å². The lowest BCUT2D eigenvalue weighted by Crippen LogP contribution is -3.00. The topological polar surface area (TPSA) is 50.5 Å². The number of nitrogens with zero attached hydrogens (tertiary/aromatic N) is 2. The summed E-state index contributed by atoms with van der Waals surface area (Å²) in [6, 6.07) is 9.89. The van der Waals surface area contributed by atoms with Crippen LogP contribution in [0.1, 0.15) is 114 Å². The van der Waals surface area contributed by atoms with Crippen molar-refractivity contribution in [3.05, 3.63) is 59.4 Å². The zero-order valence-corrected chi connectivity index (χ0v) is 27.9. The SMILES string of the molecule is CCCCCCCCCCCCCCCCOc1ccc(CN(Cc2ccc[n+](C)c2)S(C)(=O)=O)c(C)c1.[I-]. The second kappa shape index (κ2) is 20.7. The normalized spacial score (nSPS) is 11.5. The number of unbranched alkanes of at least 4 members (excludes halogenated alkanes) is 13. The molecule has 222 valence electrons. The molecule has 0 unspecified atom stereocenters. The Balaban J connectivity index is 0.00000760. The highest BCUT2D eigenvalue weighted by Gasteiger charge is 2.19. The van der Waals surface area contributed by atoms with Crippen LogP contribution in [0.15, 0.2) is 42.7 Å². The van der Waals surface area contributed by atoms with Gasteiger partial charge in [0, 0.05) is 24.7 Å². The fourth-order valence-electron chi connectivity index (χ4n) is 4.85. The molecule has 1 heterocycles. The van der Waals surface area contributed by atoms with Gasteiger partial charge in [-0.3, -0.25) is 0 Å². The summed E-state index contributed by atoms with van der Waals surface area (Å²) in [4.78, 5) is 0. The van der Waals surface area contributed by atoms with Crippen molar-refractivity contribution in [1.29, 1.82) is 0 Å². The molecule has 7 heteroatoms. The van der Waals surface area contributed by atoms with Crippen LogP contribution in [0.2, 0.25) is 0 Å². The van der Waals surface area contributed by atoms with Crippen LogP contribution < -0.4 is 33.3 Å². The molecule has 0 aliphatic heterocycles. The minimum absolute atomic E-state index is 0. The molecule has 5 nitrogen and oxygen atoms in total. The van der Waals surface area contributed by atoms with Crippen LogP contribution in [-0.4, -0.2) is 25.6 Å². The average Bonchev–Trinajstić information content (AvgIpc) is 2.87. The van der Waals surface area contributed by atoms with Crippen molar-refractivity contribution in [3.63, 3.8) is 0 Å². The number of hydrogen-bond acceptors (Lipinski definition) is 3. The minimum Gasteiger partial charge on any atom is -1.00 e. The van der Waals surface area contributed by atoms with Crippen molar-refractivity contribution in [1.82, 2.24) is 4.31 Å². The third kappa shape index (κ3) is 16.0. The van der Waals surface area contributed by atoms with Crippen molar-refractivity contribution in [2.24, 2.45) is 7.05 Å². The fraction of sp³-hybridized carbons (Fsp3) is 0.656. The van der Waals surface area contributed by atoms with Gasteiger partial charge in [0.2, 0.25) is 10.0 Å². The van der Waals surface area contributed by atoms with E-state index < -0.39 is 10.0 Å². The third-order valence-electron chi connectivity index (χ3n) is 7.26. The molecule has 0 atom stereocenters. The number of ether oxygens (including phenoxy) is 1. The van der Waals surface area contributed by atoms with Crippen LogP contribution in [0.25, 0.3) is 0 Å². The van der Waals surface area contributed by atoms with Gasteiger partial charge in [-0.2, -0.15) is 4.31 Å². The Hall–Kier alpha value is -1.19. The number of benzene rings is 1. The number of hydrogen-bond donors (Lipinski definition) is 0. The smallest absolute Gasteiger partial charge is 0.211 e. The number of pyridine rings is 1. The maximum absolute atomic E-state index is 12.5. The van der Waals surface area contributed by atoms with Gasteiger partial charge < -0.3 is 28.7 Å². The number of rotatable bonds is 21. The van der Waals surface area contributed by atoms with Gasteiger partial charge in [-0.05, 0) is 42.7 Å². The van der Waals surface area contributed by atoms with Crippen molar-refractivity contribution in [2.75, 3.05) is 12.9 Å². The third-order valence-corrected chi connectivity index (χ3v) is 8.45. The first-order chi connectivity index (χ1) is 18.3. The molecule has 0 N–H and O–H groups in total. The van der Waals surface area contributed by atoms with E-state index in [-0.39, 0.29) is 24.0 Å². The summed E-state index contributed by atoms with van der Waals surface area (Å²) in [7, 11) is -1.41. The van der Waals surface area contributed by atoms with Crippen LogP contribution in [0, 0.1) is 6.92 Å². The number of sulfonamides is 1. The number of aryl methyl sites for hydroxylation is 2. The molecule has 0 saturated carbocycles. The van der Waals surface area contributed by atoms with Gasteiger partial charge >= 0.3 is 0 Å². The van der Waals surface area contributed by atoms with E-state index in [9.17, 15) is 8.42 Å². The Bertz CT molecular complexity index is 1030. The van der Waals surface area contributed by atoms with Crippen LogP contribution in [0.3, 0.4) is 0 Å². The van der Waals surface area contributed by atoms with E-state index in [1.165, 1.54) is 94.0 Å². The Morgan fingerprint density at radius 3 is 1.90 bits per heavy atom. The van der Waals surface area contributed by atoms with Gasteiger partial charge in [-0.1, -0.05) is 96.5 Å². The Morgan fingerprint density at radius 2 is 1.38 bits per heavy atom. The first kappa shape index (κ1) is 35.8. The highest BCUT2D eigenvalue weighted by molar-refractivity contribution is 7.88. The molecule has 0 radical (unpaired) electrons. The quantitative estimate of drug-likeness (QED) is 0.110. The standard InChI is InChI=1S/C32H53N2O3S.HI/c1-5-6-7-8-9-10-11-12-13-14-15-16-17-18-24-37-32-22-21-31(29(2)25-32)28-34(38(4,35)36)27-30-20-19-23-33(3)26-30;/h19-23,25-26H,5-18,24,27-28H2,1-4H3;1H/q+1;/p-1. The predicted molar refractivity (Wildman–Crippen MR) is 159 cm³/mol. The molecule has 0 fully saturated rings. The van der Waals surface area contributed by atoms with Gasteiger partial charge in [0.05, 0.1) is 12.9 Å². The molecule has 0 amide bonds. The average molecular weight is 673 g/mol. The van der Waals surface area contributed by atoms with Crippen molar-refractivity contribution < 1.29 is 41.7 Å². The molecule has 0 saturated heterocycles. The Labute approximate surface area is 256 Å². The number of halogens is 1. The fourth-order valence-corrected chi connectivity index (χ4v) is 5.61. The molecule has 0 aliphatic carbocycles. The van der Waals surface area contributed by atoms with Gasteiger partial charge in [0.15, 0.2) is 12.4 Å². The summed E-state index contributed by atoms with van der Waals surface area (Å²) >= 11 is 0. The Morgan fingerprint density at radius 1 is 0.821 bits per heavy atom. The lowest BCUT2D eigenvalue weighted by Gasteiger charge is -2.21. The van der Waals surface area contributed by atoms with E-state index in [0.717, 1.165) is 35.5 Å². The Kier molecular flexibility index (Phi) is 19.0. The summed E-state index contributed by atoms with van der Waals surface area (Å²) in [5.41, 5.74) is 3.02. The van der Waals surface area contributed by atoms with Gasteiger partial charge in [0.1, 0.15) is 12.8 Å². The zero-order chi connectivity index (χ0) is 27.6. The van der Waals surface area contributed by atoms with E-state index in [0.29, 0.717) is 13.1 Å². The highest BCUT2D eigenvalue weighted by atomic mass is 127. The maximum atomic E-state index is 12.5. The van der Waals surface area contributed by atoms with E-state index in [1.807, 2.05) is 61.3 Å². The molecule has 2 aromatic rings. The molecule has 0 spiro atoms. The zero-order valence-electron chi connectivity index (χ0n) is 25.0. The van der Waals surface area contributed by atoms with Gasteiger partial charge in [-0.25, -0.2) is 13.0 Å². The van der Waals surface area contributed by atoms with Crippen LogP contribution in [-0.2, 0) is 30.2 Å². The van der Waals surface area contributed by atoms with Crippen LogP contribution in [0.4, 0.5) is 0 Å². The van der Waals surface area contributed by atoms with Gasteiger partial charge in [0.25, 0.3) is 0 Å². The lowest BCUT2D eigenvalue weighted by atomic mass is 10.0. The summed E-state index contributed by atoms with van der Waals surface area (Å²) < 4.78 is 34.4. The van der Waals surface area contributed by atoms with E-state index >= 15 is 0 Å². The molecular formula is C32H53IN2O3S. The molecule has 0 bridgehead atoms. The van der Waals surface area contributed by atoms with Crippen molar-refractivity contribution >= 4 is 10.0 Å². The highest BCUT2D eigenvalue weighted by Crippen LogP contribution is 2.21. The molecule has 1 aromatic heterocycles. The molecule has 39 heavy (non-hydrogen) atoms. The largest absolute Gasteiger partial charge is 1.00 e. The molecular weight excluding hydrogens is 619 g/mol. The van der Waals surface area contributed by atoms with Crippen molar-refractivity contribution in [2.45, 2.75) is 117 Å². The lowest BCUT2D eigenvalue weighted by molar-refractivity contribution is -0.672. The summed E-state index contributed by atoms with van der Waals surface area (Å²) in [6.45, 7) is 5.74. The second-order valence-electron chi connectivity index (χ2n) is 10.9. The molecule has 2 rings (SSSR count). The summed E-state index contributed by atoms with van der Waals surface area (Å²) in [5, 5.41) is 0. The first-order valence-electron chi connectivity index (χ1n) is 14.9. The van der Waals surface area contributed by atoms with E-state index in [2.05, 4.69) is 6.92 Å². The number of aromatic nitrogens is 1. The van der Waals surface area contributed by atoms with Crippen LogP contribution in [0.5, 0.6) is 5.75 Å². The molecule has 0 aliphatic rings. The summed E-state index contributed by atoms with van der Waals surface area (Å²) in [5.74, 6) is 0.863. The second-order valence-corrected chi connectivity index (χ2v) is 12.9. The maximum Gasteiger partial charge on any atom is 0.211 e. The first-order valence-corrected chi connectivity index (χ1v) is 16.8. The predicted octanol–water partition coefficient (Wildman–Crippen LogP) is 4.65. The van der Waals surface area contributed by atoms with Crippen molar-refractivity contribution in [3.8, 4) is 5.75 Å². The van der Waals surface area contributed by atoms with Crippen LogP contribution >= 0.6 is 0 Å².